The van der Waals surface area contributed by atoms with E-state index in [2.05, 4.69) is 26.1 Å². The summed E-state index contributed by atoms with van der Waals surface area (Å²) >= 11 is 3.33. The van der Waals surface area contributed by atoms with Gasteiger partial charge in [0.05, 0.1) is 6.54 Å². The molecule has 2 aromatic rings. The van der Waals surface area contributed by atoms with Gasteiger partial charge in [0, 0.05) is 16.6 Å². The zero-order chi connectivity index (χ0) is 12.4. The maximum atomic E-state index is 13.0. The first-order valence-corrected chi connectivity index (χ1v) is 6.04. The Kier molecular flexibility index (Phi) is 3.54. The summed E-state index contributed by atoms with van der Waals surface area (Å²) in [5, 5.41) is 8.12. The van der Waals surface area contributed by atoms with E-state index in [0.717, 1.165) is 17.9 Å². The van der Waals surface area contributed by atoms with Gasteiger partial charge in [0.15, 0.2) is 5.82 Å². The zero-order valence-electron chi connectivity index (χ0n) is 9.32. The predicted molar refractivity (Wildman–Crippen MR) is 66.7 cm³/mol. The van der Waals surface area contributed by atoms with E-state index < -0.39 is 0 Å². The average molecular weight is 299 g/mol. The third-order valence-electron chi connectivity index (χ3n) is 2.50. The Bertz CT molecular complexity index is 538. The van der Waals surface area contributed by atoms with Gasteiger partial charge in [0.2, 0.25) is 0 Å². The summed E-state index contributed by atoms with van der Waals surface area (Å²) in [6.45, 7) is 3.04. The van der Waals surface area contributed by atoms with Crippen molar-refractivity contribution in [1.82, 2.24) is 14.8 Å². The van der Waals surface area contributed by atoms with Crippen LogP contribution in [0.25, 0.3) is 11.4 Å². The molecule has 0 spiro atoms. The van der Waals surface area contributed by atoms with Gasteiger partial charge < -0.3 is 10.3 Å². The molecular weight excluding hydrogens is 287 g/mol. The summed E-state index contributed by atoms with van der Waals surface area (Å²) in [5.41, 5.74) is 6.39. The van der Waals surface area contributed by atoms with Crippen molar-refractivity contribution in [3.05, 3.63) is 34.3 Å². The van der Waals surface area contributed by atoms with Gasteiger partial charge in [-0.1, -0.05) is 0 Å². The minimum Gasteiger partial charge on any atom is -0.324 e. The highest BCUT2D eigenvalue weighted by atomic mass is 79.9. The zero-order valence-corrected chi connectivity index (χ0v) is 10.9. The van der Waals surface area contributed by atoms with E-state index in [-0.39, 0.29) is 5.82 Å². The van der Waals surface area contributed by atoms with Crippen molar-refractivity contribution in [2.45, 2.75) is 20.0 Å². The largest absolute Gasteiger partial charge is 0.324 e. The van der Waals surface area contributed by atoms with E-state index in [1.807, 2.05) is 11.5 Å². The average Bonchev–Trinajstić information content (AvgIpc) is 2.71. The fourth-order valence-electron chi connectivity index (χ4n) is 1.69. The maximum absolute atomic E-state index is 13.0. The molecule has 0 saturated carbocycles. The monoisotopic (exact) mass is 298 g/mol. The molecule has 0 fully saturated rings. The molecule has 0 atom stereocenters. The summed E-state index contributed by atoms with van der Waals surface area (Å²) in [6.07, 6.45) is 0. The van der Waals surface area contributed by atoms with Crippen molar-refractivity contribution in [3.8, 4) is 11.4 Å². The second-order valence-corrected chi connectivity index (χ2v) is 4.37. The molecule has 2 N–H and O–H groups in total. The fraction of sp³-hybridized carbons (Fsp3) is 0.273. The van der Waals surface area contributed by atoms with Crippen LogP contribution >= 0.6 is 15.9 Å². The topological polar surface area (TPSA) is 56.7 Å². The summed E-state index contributed by atoms with van der Waals surface area (Å²) in [6, 6.07) is 4.49. The molecule has 2 rings (SSSR count). The van der Waals surface area contributed by atoms with Crippen molar-refractivity contribution in [1.29, 1.82) is 0 Å². The molecule has 0 aliphatic heterocycles. The van der Waals surface area contributed by atoms with E-state index in [0.29, 0.717) is 16.8 Å². The molecule has 90 valence electrons. The first-order chi connectivity index (χ1) is 8.17. The number of benzene rings is 1. The van der Waals surface area contributed by atoms with Crippen LogP contribution in [0.5, 0.6) is 0 Å². The molecule has 1 aromatic carbocycles. The van der Waals surface area contributed by atoms with Crippen molar-refractivity contribution in [2.75, 3.05) is 0 Å². The van der Waals surface area contributed by atoms with Gasteiger partial charge >= 0.3 is 0 Å². The Morgan fingerprint density at radius 2 is 2.18 bits per heavy atom. The number of aromatic nitrogens is 3. The molecule has 1 heterocycles. The Labute approximate surface area is 107 Å². The van der Waals surface area contributed by atoms with Crippen LogP contribution in [0.1, 0.15) is 12.7 Å². The van der Waals surface area contributed by atoms with Crippen LogP contribution in [0.4, 0.5) is 4.39 Å². The highest BCUT2D eigenvalue weighted by molar-refractivity contribution is 9.10. The standard InChI is InChI=1S/C11H12BrFN4/c1-2-17-10(6-14)15-16-11(17)8-4-3-7(13)5-9(8)12/h3-5H,2,6,14H2,1H3. The lowest BCUT2D eigenvalue weighted by Gasteiger charge is -2.07. The lowest BCUT2D eigenvalue weighted by molar-refractivity contribution is 0.627. The molecule has 0 saturated heterocycles. The van der Waals surface area contributed by atoms with Gasteiger partial charge in [0.25, 0.3) is 0 Å². The summed E-state index contributed by atoms with van der Waals surface area (Å²) in [5.74, 6) is 1.13. The summed E-state index contributed by atoms with van der Waals surface area (Å²) < 4.78 is 15.6. The van der Waals surface area contributed by atoms with Crippen molar-refractivity contribution < 1.29 is 4.39 Å². The third kappa shape index (κ3) is 2.23. The van der Waals surface area contributed by atoms with Gasteiger partial charge in [-0.15, -0.1) is 10.2 Å². The molecule has 17 heavy (non-hydrogen) atoms. The van der Waals surface area contributed by atoms with Gasteiger partial charge in [-0.25, -0.2) is 4.39 Å². The number of nitrogens with two attached hydrogens (primary N) is 1. The van der Waals surface area contributed by atoms with Gasteiger partial charge in [-0.3, -0.25) is 0 Å². The maximum Gasteiger partial charge on any atom is 0.165 e. The lowest BCUT2D eigenvalue weighted by Crippen LogP contribution is -2.08. The molecule has 0 aliphatic rings. The Morgan fingerprint density at radius 3 is 2.76 bits per heavy atom. The van der Waals surface area contributed by atoms with Gasteiger partial charge in [-0.05, 0) is 41.1 Å². The minimum atomic E-state index is -0.290. The van der Waals surface area contributed by atoms with Crippen LogP contribution in [-0.4, -0.2) is 14.8 Å². The second kappa shape index (κ2) is 4.93. The summed E-state index contributed by atoms with van der Waals surface area (Å²) in [7, 11) is 0. The van der Waals surface area contributed by atoms with Crippen LogP contribution in [0.3, 0.4) is 0 Å². The van der Waals surface area contributed by atoms with Gasteiger partial charge in [-0.2, -0.15) is 0 Å². The van der Waals surface area contributed by atoms with E-state index in [9.17, 15) is 4.39 Å². The fourth-order valence-corrected chi connectivity index (χ4v) is 2.22. The molecule has 0 bridgehead atoms. The molecule has 6 heteroatoms. The highest BCUT2D eigenvalue weighted by Gasteiger charge is 2.14. The Morgan fingerprint density at radius 1 is 1.41 bits per heavy atom. The van der Waals surface area contributed by atoms with E-state index in [4.69, 9.17) is 5.73 Å². The molecule has 0 amide bonds. The number of hydrogen-bond donors (Lipinski definition) is 1. The lowest BCUT2D eigenvalue weighted by atomic mass is 10.2. The van der Waals surface area contributed by atoms with Gasteiger partial charge in [0.1, 0.15) is 11.6 Å². The van der Waals surface area contributed by atoms with Crippen LogP contribution in [-0.2, 0) is 13.1 Å². The molecule has 0 unspecified atom stereocenters. The predicted octanol–water partition coefficient (Wildman–Crippen LogP) is 2.33. The smallest absolute Gasteiger partial charge is 0.165 e. The normalized spacial score (nSPS) is 10.8. The summed E-state index contributed by atoms with van der Waals surface area (Å²) in [4.78, 5) is 0. The quantitative estimate of drug-likeness (QED) is 0.946. The second-order valence-electron chi connectivity index (χ2n) is 3.51. The SMILES string of the molecule is CCn1c(CN)nnc1-c1ccc(F)cc1Br. The van der Waals surface area contributed by atoms with E-state index >= 15 is 0 Å². The van der Waals surface area contributed by atoms with E-state index in [1.54, 1.807) is 6.07 Å². The first kappa shape index (κ1) is 12.2. The third-order valence-corrected chi connectivity index (χ3v) is 3.15. The van der Waals surface area contributed by atoms with E-state index in [1.165, 1.54) is 12.1 Å². The number of halogens is 2. The van der Waals surface area contributed by atoms with Crippen LogP contribution in [0.15, 0.2) is 22.7 Å². The highest BCUT2D eigenvalue weighted by Crippen LogP contribution is 2.27. The molecule has 4 nitrogen and oxygen atoms in total. The molecule has 0 radical (unpaired) electrons. The molecular formula is C11H12BrFN4. The Balaban J connectivity index is 2.56. The molecule has 1 aromatic heterocycles. The Hall–Kier alpha value is -1.27. The van der Waals surface area contributed by atoms with Crippen LogP contribution < -0.4 is 5.73 Å². The number of rotatable bonds is 3. The van der Waals surface area contributed by atoms with Crippen molar-refractivity contribution in [3.63, 3.8) is 0 Å². The van der Waals surface area contributed by atoms with Crippen molar-refractivity contribution >= 4 is 15.9 Å². The van der Waals surface area contributed by atoms with Crippen LogP contribution in [0, 0.1) is 5.82 Å². The minimum absolute atomic E-state index is 0.290. The first-order valence-electron chi connectivity index (χ1n) is 5.25. The molecule has 0 aliphatic carbocycles. The van der Waals surface area contributed by atoms with Crippen LogP contribution in [0.2, 0.25) is 0 Å². The number of nitrogens with zero attached hydrogens (tertiary/aromatic N) is 3. The number of hydrogen-bond acceptors (Lipinski definition) is 3. The van der Waals surface area contributed by atoms with Crippen molar-refractivity contribution in [2.24, 2.45) is 5.73 Å².